The largest absolute Gasteiger partial charge is 0.396 e. The van der Waals surface area contributed by atoms with Crippen molar-refractivity contribution in [1.29, 1.82) is 0 Å². The zero-order valence-corrected chi connectivity index (χ0v) is 8.49. The van der Waals surface area contributed by atoms with Crippen molar-refractivity contribution < 1.29 is 4.39 Å². The Morgan fingerprint density at radius 3 is 2.75 bits per heavy atom. The monoisotopic (exact) mass is 231 g/mol. The molecule has 1 aromatic carbocycles. The third-order valence-electron chi connectivity index (χ3n) is 1.72. The fourth-order valence-corrected chi connectivity index (χ4v) is 1.60. The lowest BCUT2D eigenvalue weighted by atomic mass is 10.1. The second-order valence-corrected chi connectivity index (χ2v) is 3.53. The number of halogens is 2. The topological polar surface area (TPSA) is 26.0 Å². The van der Waals surface area contributed by atoms with Crippen LogP contribution < -0.4 is 5.73 Å². The maximum atomic E-state index is 13.3. The maximum absolute atomic E-state index is 13.3. The van der Waals surface area contributed by atoms with Crippen molar-refractivity contribution in [2.45, 2.75) is 19.8 Å². The fourth-order valence-electron chi connectivity index (χ4n) is 1.09. The SMILES string of the molecule is CCCc1c(Br)ccc(N)c1F. The second kappa shape index (κ2) is 3.90. The summed E-state index contributed by atoms with van der Waals surface area (Å²) in [5, 5.41) is 0. The van der Waals surface area contributed by atoms with Crippen molar-refractivity contribution >= 4 is 21.6 Å². The van der Waals surface area contributed by atoms with Crippen molar-refractivity contribution in [3.8, 4) is 0 Å². The molecule has 3 heteroatoms. The van der Waals surface area contributed by atoms with Gasteiger partial charge in [-0.1, -0.05) is 29.3 Å². The van der Waals surface area contributed by atoms with Crippen LogP contribution in [0.4, 0.5) is 10.1 Å². The molecule has 0 saturated carbocycles. The van der Waals surface area contributed by atoms with Crippen LogP contribution in [0.25, 0.3) is 0 Å². The van der Waals surface area contributed by atoms with E-state index < -0.39 is 0 Å². The average Bonchev–Trinajstić information content (AvgIpc) is 2.06. The molecule has 0 spiro atoms. The van der Waals surface area contributed by atoms with Gasteiger partial charge in [0, 0.05) is 10.0 Å². The van der Waals surface area contributed by atoms with Gasteiger partial charge >= 0.3 is 0 Å². The van der Waals surface area contributed by atoms with Crippen LogP contribution in [0.3, 0.4) is 0 Å². The number of hydrogen-bond donors (Lipinski definition) is 1. The molecule has 0 unspecified atom stereocenters. The molecule has 0 fully saturated rings. The average molecular weight is 232 g/mol. The van der Waals surface area contributed by atoms with Crippen molar-refractivity contribution in [3.05, 3.63) is 28.0 Å². The Labute approximate surface area is 79.9 Å². The van der Waals surface area contributed by atoms with E-state index >= 15 is 0 Å². The molecule has 2 N–H and O–H groups in total. The van der Waals surface area contributed by atoms with E-state index in [1.165, 1.54) is 0 Å². The van der Waals surface area contributed by atoms with Gasteiger partial charge in [0.05, 0.1) is 5.69 Å². The fraction of sp³-hybridized carbons (Fsp3) is 0.333. The van der Waals surface area contributed by atoms with Crippen LogP contribution in [0, 0.1) is 5.82 Å². The first-order valence-electron chi connectivity index (χ1n) is 3.89. The van der Waals surface area contributed by atoms with Gasteiger partial charge < -0.3 is 5.73 Å². The summed E-state index contributed by atoms with van der Waals surface area (Å²) in [4.78, 5) is 0. The Morgan fingerprint density at radius 1 is 1.50 bits per heavy atom. The van der Waals surface area contributed by atoms with Gasteiger partial charge in [-0.05, 0) is 18.6 Å². The van der Waals surface area contributed by atoms with E-state index in [2.05, 4.69) is 15.9 Å². The molecule has 0 bridgehead atoms. The van der Waals surface area contributed by atoms with Crippen molar-refractivity contribution in [2.24, 2.45) is 0 Å². The highest BCUT2D eigenvalue weighted by molar-refractivity contribution is 9.10. The Hall–Kier alpha value is -0.570. The second-order valence-electron chi connectivity index (χ2n) is 2.68. The number of benzene rings is 1. The number of anilines is 1. The summed E-state index contributed by atoms with van der Waals surface area (Å²) in [6, 6.07) is 3.35. The zero-order valence-electron chi connectivity index (χ0n) is 6.90. The molecule has 0 radical (unpaired) electrons. The molecule has 0 atom stereocenters. The molecule has 0 heterocycles. The van der Waals surface area contributed by atoms with E-state index in [4.69, 9.17) is 5.73 Å². The third-order valence-corrected chi connectivity index (χ3v) is 2.46. The predicted octanol–water partition coefficient (Wildman–Crippen LogP) is 3.12. The first kappa shape index (κ1) is 9.52. The van der Waals surface area contributed by atoms with Crippen LogP contribution in [0.1, 0.15) is 18.9 Å². The van der Waals surface area contributed by atoms with E-state index in [1.807, 2.05) is 6.92 Å². The molecule has 0 aliphatic heterocycles. The van der Waals surface area contributed by atoms with Gasteiger partial charge in [0.2, 0.25) is 0 Å². The number of rotatable bonds is 2. The van der Waals surface area contributed by atoms with Crippen LogP contribution in [0.5, 0.6) is 0 Å². The van der Waals surface area contributed by atoms with Crippen LogP contribution >= 0.6 is 15.9 Å². The molecular weight excluding hydrogens is 221 g/mol. The molecule has 0 saturated heterocycles. The summed E-state index contributed by atoms with van der Waals surface area (Å²) >= 11 is 3.29. The molecule has 0 aliphatic carbocycles. The van der Waals surface area contributed by atoms with Gasteiger partial charge in [0.15, 0.2) is 0 Å². The smallest absolute Gasteiger partial charge is 0.150 e. The first-order chi connectivity index (χ1) is 5.66. The Morgan fingerprint density at radius 2 is 2.17 bits per heavy atom. The lowest BCUT2D eigenvalue weighted by molar-refractivity contribution is 0.610. The molecule has 0 aromatic heterocycles. The van der Waals surface area contributed by atoms with Gasteiger partial charge in [0.1, 0.15) is 5.82 Å². The van der Waals surface area contributed by atoms with Crippen molar-refractivity contribution in [1.82, 2.24) is 0 Å². The minimum absolute atomic E-state index is 0.224. The summed E-state index contributed by atoms with van der Waals surface area (Å²) < 4.78 is 14.1. The van der Waals surface area contributed by atoms with Gasteiger partial charge in [-0.2, -0.15) is 0 Å². The number of nitrogen functional groups attached to an aromatic ring is 1. The van der Waals surface area contributed by atoms with Gasteiger partial charge in [-0.25, -0.2) is 4.39 Å². The number of nitrogens with two attached hydrogens (primary N) is 1. The summed E-state index contributed by atoms with van der Waals surface area (Å²) in [6.07, 6.45) is 1.64. The van der Waals surface area contributed by atoms with E-state index in [0.717, 1.165) is 17.3 Å². The highest BCUT2D eigenvalue weighted by Gasteiger charge is 2.08. The maximum Gasteiger partial charge on any atom is 0.150 e. The van der Waals surface area contributed by atoms with E-state index in [1.54, 1.807) is 12.1 Å². The normalized spacial score (nSPS) is 10.2. The standard InChI is InChI=1S/C9H11BrFN/c1-2-3-6-7(10)4-5-8(12)9(6)11/h4-5H,2-3,12H2,1H3. The molecule has 0 amide bonds. The molecule has 1 aromatic rings. The summed E-state index contributed by atoms with van der Waals surface area (Å²) in [5.41, 5.74) is 6.33. The van der Waals surface area contributed by atoms with E-state index in [-0.39, 0.29) is 11.5 Å². The van der Waals surface area contributed by atoms with Gasteiger partial charge in [0.25, 0.3) is 0 Å². The van der Waals surface area contributed by atoms with Crippen LogP contribution in [0.15, 0.2) is 16.6 Å². The minimum Gasteiger partial charge on any atom is -0.396 e. The van der Waals surface area contributed by atoms with Crippen LogP contribution in [0.2, 0.25) is 0 Å². The lowest BCUT2D eigenvalue weighted by Gasteiger charge is -2.06. The highest BCUT2D eigenvalue weighted by Crippen LogP contribution is 2.25. The molecule has 1 rings (SSSR count). The Bertz CT molecular complexity index is 286. The lowest BCUT2D eigenvalue weighted by Crippen LogP contribution is -1.97. The highest BCUT2D eigenvalue weighted by atomic mass is 79.9. The zero-order chi connectivity index (χ0) is 9.14. The Kier molecular flexibility index (Phi) is 3.09. The minimum atomic E-state index is -0.286. The summed E-state index contributed by atoms with van der Waals surface area (Å²) in [5.74, 6) is -0.286. The third kappa shape index (κ3) is 1.78. The summed E-state index contributed by atoms with van der Waals surface area (Å²) in [7, 11) is 0. The molecule has 1 nitrogen and oxygen atoms in total. The van der Waals surface area contributed by atoms with Crippen LogP contribution in [-0.2, 0) is 6.42 Å². The van der Waals surface area contributed by atoms with E-state index in [9.17, 15) is 4.39 Å². The predicted molar refractivity (Wildman–Crippen MR) is 52.5 cm³/mol. The van der Waals surface area contributed by atoms with Gasteiger partial charge in [-0.15, -0.1) is 0 Å². The molecular formula is C9H11BrFN. The molecule has 66 valence electrons. The first-order valence-corrected chi connectivity index (χ1v) is 4.68. The molecule has 0 aliphatic rings. The van der Waals surface area contributed by atoms with Gasteiger partial charge in [-0.3, -0.25) is 0 Å². The quantitative estimate of drug-likeness (QED) is 0.779. The molecule has 12 heavy (non-hydrogen) atoms. The van der Waals surface area contributed by atoms with Crippen molar-refractivity contribution in [3.63, 3.8) is 0 Å². The summed E-state index contributed by atoms with van der Waals surface area (Å²) in [6.45, 7) is 2.01. The Balaban J connectivity index is 3.14. The van der Waals surface area contributed by atoms with E-state index in [0.29, 0.717) is 5.56 Å². The number of hydrogen-bond acceptors (Lipinski definition) is 1. The van der Waals surface area contributed by atoms with Crippen molar-refractivity contribution in [2.75, 3.05) is 5.73 Å². The van der Waals surface area contributed by atoms with Crippen LogP contribution in [-0.4, -0.2) is 0 Å².